The molecule has 2 aromatic rings. The summed E-state index contributed by atoms with van der Waals surface area (Å²) in [5.74, 6) is -0.630. The number of esters is 1. The molecular formula is C27H33ClN2O5. The van der Waals surface area contributed by atoms with Crippen LogP contribution < -0.4 is 10.6 Å². The van der Waals surface area contributed by atoms with Crippen molar-refractivity contribution >= 4 is 35.1 Å². The van der Waals surface area contributed by atoms with Crippen LogP contribution in [0.2, 0.25) is 5.02 Å². The Labute approximate surface area is 211 Å². The Morgan fingerprint density at radius 3 is 2.31 bits per heavy atom. The van der Waals surface area contributed by atoms with E-state index < -0.39 is 34.7 Å². The zero-order valence-electron chi connectivity index (χ0n) is 21.2. The SMILES string of the molecule is COC(=O)[C@@H](Cc1cc(Cl)cc2c1NC(C)(C)C(=O)C2(C)c1ccccc1)NC(=O)OC(C)(C)C. The van der Waals surface area contributed by atoms with Gasteiger partial charge in [-0.1, -0.05) is 41.9 Å². The molecule has 0 radical (unpaired) electrons. The minimum Gasteiger partial charge on any atom is -0.467 e. The number of amides is 1. The van der Waals surface area contributed by atoms with Crippen molar-refractivity contribution in [3.05, 3.63) is 64.2 Å². The Kier molecular flexibility index (Phi) is 7.23. The summed E-state index contributed by atoms with van der Waals surface area (Å²) in [6.07, 6.45) is -0.655. The molecular weight excluding hydrogens is 468 g/mol. The summed E-state index contributed by atoms with van der Waals surface area (Å²) >= 11 is 6.54. The van der Waals surface area contributed by atoms with Crippen LogP contribution in [0, 0.1) is 0 Å². The number of methoxy groups -OCH3 is 1. The molecule has 1 aliphatic rings. The van der Waals surface area contributed by atoms with Crippen LogP contribution >= 0.6 is 11.6 Å². The number of Topliss-reactive ketones (excluding diaryl/α,β-unsaturated/α-hetero) is 1. The number of hydrogen-bond donors (Lipinski definition) is 2. The van der Waals surface area contributed by atoms with E-state index in [1.54, 1.807) is 32.9 Å². The standard InChI is InChI=1S/C27H33ClN2O5/c1-25(2,3)35-24(33)29-20(22(31)34-7)14-16-13-18(28)15-19-21(16)30-26(4,5)23(32)27(19,6)17-11-9-8-10-12-17/h8-13,15,20,30H,14H2,1-7H3,(H,29,33)/t20-,27?/m1/s1. The maximum atomic E-state index is 13.8. The fourth-order valence-electron chi connectivity index (χ4n) is 4.55. The van der Waals surface area contributed by atoms with Gasteiger partial charge in [-0.2, -0.15) is 0 Å². The minimum atomic E-state index is -1.03. The number of halogens is 1. The van der Waals surface area contributed by atoms with Crippen LogP contribution in [-0.2, 0) is 30.9 Å². The molecule has 0 saturated carbocycles. The Bertz CT molecular complexity index is 1140. The Hall–Kier alpha value is -3.06. The molecule has 7 nitrogen and oxygen atoms in total. The molecule has 8 heteroatoms. The summed E-state index contributed by atoms with van der Waals surface area (Å²) in [6, 6.07) is 12.0. The van der Waals surface area contributed by atoms with Crippen LogP contribution in [0.4, 0.5) is 10.5 Å². The number of anilines is 1. The summed E-state index contributed by atoms with van der Waals surface area (Å²) < 4.78 is 10.3. The van der Waals surface area contributed by atoms with Crippen molar-refractivity contribution in [2.45, 2.75) is 70.6 Å². The monoisotopic (exact) mass is 500 g/mol. The maximum absolute atomic E-state index is 13.8. The van der Waals surface area contributed by atoms with Gasteiger partial charge in [-0.3, -0.25) is 4.79 Å². The van der Waals surface area contributed by atoms with Crippen molar-refractivity contribution < 1.29 is 23.9 Å². The van der Waals surface area contributed by atoms with Crippen molar-refractivity contribution in [2.75, 3.05) is 12.4 Å². The molecule has 0 aliphatic carbocycles. The minimum absolute atomic E-state index is 0.00619. The number of fused-ring (bicyclic) bond motifs is 1. The Morgan fingerprint density at radius 1 is 1.11 bits per heavy atom. The highest BCUT2D eigenvalue weighted by atomic mass is 35.5. The van der Waals surface area contributed by atoms with Gasteiger partial charge in [0.1, 0.15) is 11.6 Å². The molecule has 3 rings (SSSR count). The van der Waals surface area contributed by atoms with Gasteiger partial charge < -0.3 is 20.1 Å². The quantitative estimate of drug-likeness (QED) is 0.559. The van der Waals surface area contributed by atoms with Crippen LogP contribution in [-0.4, -0.2) is 42.1 Å². The van der Waals surface area contributed by atoms with E-state index in [4.69, 9.17) is 21.1 Å². The lowest BCUT2D eigenvalue weighted by molar-refractivity contribution is -0.143. The molecule has 0 fully saturated rings. The van der Waals surface area contributed by atoms with Crippen molar-refractivity contribution in [3.8, 4) is 0 Å². The largest absolute Gasteiger partial charge is 0.467 e. The highest BCUT2D eigenvalue weighted by molar-refractivity contribution is 6.31. The van der Waals surface area contributed by atoms with Gasteiger partial charge >= 0.3 is 12.1 Å². The number of hydrogen-bond acceptors (Lipinski definition) is 6. The van der Waals surface area contributed by atoms with Crippen LogP contribution in [0.1, 0.15) is 58.2 Å². The fraction of sp³-hybridized carbons (Fsp3) is 0.444. The van der Waals surface area contributed by atoms with Crippen molar-refractivity contribution in [1.29, 1.82) is 0 Å². The number of ketones is 1. The van der Waals surface area contributed by atoms with Crippen molar-refractivity contribution in [1.82, 2.24) is 5.32 Å². The van der Waals surface area contributed by atoms with E-state index in [0.29, 0.717) is 21.8 Å². The summed E-state index contributed by atoms with van der Waals surface area (Å²) in [6.45, 7) is 10.8. The number of nitrogens with one attached hydrogen (secondary N) is 2. The third-order valence-corrected chi connectivity index (χ3v) is 6.35. The lowest BCUT2D eigenvalue weighted by atomic mass is 9.64. The smallest absolute Gasteiger partial charge is 0.408 e. The van der Waals surface area contributed by atoms with Crippen molar-refractivity contribution in [2.24, 2.45) is 0 Å². The number of benzene rings is 2. The van der Waals surface area contributed by atoms with E-state index in [9.17, 15) is 14.4 Å². The van der Waals surface area contributed by atoms with Crippen LogP contribution in [0.5, 0.6) is 0 Å². The van der Waals surface area contributed by atoms with Gasteiger partial charge in [0, 0.05) is 17.1 Å². The highest BCUT2D eigenvalue weighted by Gasteiger charge is 2.50. The van der Waals surface area contributed by atoms with Crippen LogP contribution in [0.3, 0.4) is 0 Å². The lowest BCUT2D eigenvalue weighted by Gasteiger charge is -2.45. The van der Waals surface area contributed by atoms with Crippen LogP contribution in [0.15, 0.2) is 42.5 Å². The molecule has 1 amide bonds. The zero-order chi connectivity index (χ0) is 26.2. The van der Waals surface area contributed by atoms with Crippen LogP contribution in [0.25, 0.3) is 0 Å². The zero-order valence-corrected chi connectivity index (χ0v) is 22.0. The molecule has 0 saturated heterocycles. The lowest BCUT2D eigenvalue weighted by Crippen LogP contribution is -2.55. The normalized spacial score (nSPS) is 19.7. The topological polar surface area (TPSA) is 93.7 Å². The molecule has 1 aliphatic heterocycles. The molecule has 0 spiro atoms. The fourth-order valence-corrected chi connectivity index (χ4v) is 4.79. The van der Waals surface area contributed by atoms with E-state index >= 15 is 0 Å². The van der Waals surface area contributed by atoms with Gasteiger partial charge in [0.2, 0.25) is 0 Å². The summed E-state index contributed by atoms with van der Waals surface area (Å²) in [4.78, 5) is 38.8. The predicted octanol–water partition coefficient (Wildman–Crippen LogP) is 5.03. The first-order valence-corrected chi connectivity index (χ1v) is 11.9. The first kappa shape index (κ1) is 26.5. The molecule has 0 aromatic heterocycles. The van der Waals surface area contributed by atoms with Gasteiger partial charge in [0.05, 0.1) is 18.1 Å². The van der Waals surface area contributed by atoms with Gasteiger partial charge in [0.15, 0.2) is 5.78 Å². The van der Waals surface area contributed by atoms with E-state index in [0.717, 1.165) is 5.56 Å². The molecule has 2 aromatic carbocycles. The van der Waals surface area contributed by atoms with E-state index in [1.165, 1.54) is 7.11 Å². The van der Waals surface area contributed by atoms with Gasteiger partial charge in [-0.05, 0) is 70.4 Å². The van der Waals surface area contributed by atoms with Crippen molar-refractivity contribution in [3.63, 3.8) is 0 Å². The second kappa shape index (κ2) is 9.53. The predicted molar refractivity (Wildman–Crippen MR) is 136 cm³/mol. The third-order valence-electron chi connectivity index (χ3n) is 6.13. The molecule has 1 unspecified atom stereocenters. The summed E-state index contributed by atoms with van der Waals surface area (Å²) in [7, 11) is 1.26. The first-order chi connectivity index (χ1) is 16.2. The van der Waals surface area contributed by atoms with Gasteiger partial charge in [0.25, 0.3) is 0 Å². The number of rotatable bonds is 5. The third kappa shape index (κ3) is 5.45. The molecule has 2 N–H and O–H groups in total. The molecule has 1 heterocycles. The molecule has 2 atom stereocenters. The number of carbonyl (C=O) groups is 3. The summed E-state index contributed by atoms with van der Waals surface area (Å²) in [5.41, 5.74) is 0.293. The van der Waals surface area contributed by atoms with Gasteiger partial charge in [-0.15, -0.1) is 0 Å². The Morgan fingerprint density at radius 2 is 1.74 bits per heavy atom. The first-order valence-electron chi connectivity index (χ1n) is 11.5. The Balaban J connectivity index is 2.12. The summed E-state index contributed by atoms with van der Waals surface area (Å²) in [5, 5.41) is 6.38. The van der Waals surface area contributed by atoms with Gasteiger partial charge in [-0.25, -0.2) is 9.59 Å². The maximum Gasteiger partial charge on any atom is 0.408 e. The van der Waals surface area contributed by atoms with E-state index in [2.05, 4.69) is 10.6 Å². The average molecular weight is 501 g/mol. The number of alkyl carbamates (subject to hydrolysis) is 1. The second-order valence-corrected chi connectivity index (χ2v) is 10.9. The van der Waals surface area contributed by atoms with E-state index in [-0.39, 0.29) is 12.2 Å². The second-order valence-electron chi connectivity index (χ2n) is 10.5. The van der Waals surface area contributed by atoms with E-state index in [1.807, 2.05) is 51.1 Å². The molecule has 188 valence electrons. The molecule has 35 heavy (non-hydrogen) atoms. The average Bonchev–Trinajstić information content (AvgIpc) is 2.77. The number of carbonyl (C=O) groups excluding carboxylic acids is 3. The molecule has 0 bridgehead atoms. The highest BCUT2D eigenvalue weighted by Crippen LogP contribution is 2.47. The number of ether oxygens (including phenoxy) is 2.